The molecule has 0 aliphatic carbocycles. The van der Waals surface area contributed by atoms with Crippen molar-refractivity contribution in [3.63, 3.8) is 0 Å². The number of amides is 1. The minimum Gasteiger partial charge on any atom is -0.459 e. The molecule has 0 spiro atoms. The van der Waals surface area contributed by atoms with E-state index in [4.69, 9.17) is 4.42 Å². The third-order valence-electron chi connectivity index (χ3n) is 4.78. The zero-order chi connectivity index (χ0) is 20.6. The summed E-state index contributed by atoms with van der Waals surface area (Å²) < 4.78 is 30.6. The normalized spacial score (nSPS) is 16.8. The van der Waals surface area contributed by atoms with Crippen LogP contribution in [0.3, 0.4) is 0 Å². The Kier molecular flexibility index (Phi) is 8.31. The fraction of sp³-hybridized carbons (Fsp3) is 0.667. The molecule has 1 aliphatic heterocycles. The van der Waals surface area contributed by atoms with Crippen LogP contribution < -0.4 is 16.0 Å². The molecule has 28 heavy (non-hydrogen) atoms. The van der Waals surface area contributed by atoms with E-state index in [1.54, 1.807) is 24.3 Å². The van der Waals surface area contributed by atoms with E-state index in [1.807, 2.05) is 6.92 Å². The van der Waals surface area contributed by atoms with Crippen molar-refractivity contribution in [2.45, 2.75) is 39.2 Å². The Bertz CT molecular complexity index is 767. The summed E-state index contributed by atoms with van der Waals surface area (Å²) in [6.45, 7) is 5.74. The van der Waals surface area contributed by atoms with Crippen LogP contribution in [0, 0.1) is 6.92 Å². The van der Waals surface area contributed by atoms with Gasteiger partial charge >= 0.3 is 0 Å². The number of nitrogens with zero attached hydrogens (tertiary/aromatic N) is 2. The monoisotopic (exact) mass is 413 g/mol. The minimum atomic E-state index is -3.11. The average molecular weight is 414 g/mol. The van der Waals surface area contributed by atoms with E-state index >= 15 is 0 Å². The first kappa shape index (κ1) is 22.2. The Balaban J connectivity index is 1.64. The second-order valence-electron chi connectivity index (χ2n) is 6.76. The highest BCUT2D eigenvalue weighted by atomic mass is 32.2. The first-order chi connectivity index (χ1) is 13.4. The molecular formula is C18H31N5O4S. The van der Waals surface area contributed by atoms with E-state index in [0.717, 1.165) is 24.8 Å². The van der Waals surface area contributed by atoms with Crippen molar-refractivity contribution in [3.8, 4) is 0 Å². The molecule has 158 valence electrons. The second-order valence-corrected chi connectivity index (χ2v) is 9.02. The molecule has 0 saturated carbocycles. The van der Waals surface area contributed by atoms with E-state index in [0.29, 0.717) is 37.9 Å². The fourth-order valence-corrected chi connectivity index (χ4v) is 4.16. The van der Waals surface area contributed by atoms with Gasteiger partial charge in [-0.3, -0.25) is 9.79 Å². The van der Waals surface area contributed by atoms with Crippen LogP contribution in [0.4, 0.5) is 0 Å². The largest absolute Gasteiger partial charge is 0.459 e. The van der Waals surface area contributed by atoms with Gasteiger partial charge < -0.3 is 20.4 Å². The number of aliphatic imine (C=N–C) groups is 1. The number of furan rings is 1. The fourth-order valence-electron chi connectivity index (χ4n) is 3.03. The number of aryl methyl sites for hydroxylation is 1. The third kappa shape index (κ3) is 6.23. The minimum absolute atomic E-state index is 0.143. The van der Waals surface area contributed by atoms with Crippen molar-refractivity contribution < 1.29 is 17.6 Å². The molecular weight excluding hydrogens is 382 g/mol. The van der Waals surface area contributed by atoms with Gasteiger partial charge in [0.2, 0.25) is 10.0 Å². The van der Waals surface area contributed by atoms with Crippen molar-refractivity contribution in [3.05, 3.63) is 23.7 Å². The van der Waals surface area contributed by atoms with Crippen LogP contribution in [-0.4, -0.2) is 69.6 Å². The molecule has 0 aromatic carbocycles. The number of guanidine groups is 1. The summed E-state index contributed by atoms with van der Waals surface area (Å²) in [4.78, 5) is 16.2. The first-order valence-corrected chi connectivity index (χ1v) is 11.3. The van der Waals surface area contributed by atoms with Crippen LogP contribution in [0.25, 0.3) is 0 Å². The SMILES string of the molecule is CCS(=O)(=O)N1CCC(NC(=NC)NCCCNC(=O)c2occc2C)CC1. The quantitative estimate of drug-likeness (QED) is 0.328. The maximum absolute atomic E-state index is 12.0. The van der Waals surface area contributed by atoms with Gasteiger partial charge in [-0.2, -0.15) is 0 Å². The maximum Gasteiger partial charge on any atom is 0.287 e. The molecule has 1 amide bonds. The summed E-state index contributed by atoms with van der Waals surface area (Å²) in [5, 5.41) is 9.39. The van der Waals surface area contributed by atoms with Gasteiger partial charge in [0, 0.05) is 44.8 Å². The lowest BCUT2D eigenvalue weighted by Crippen LogP contribution is -2.50. The molecule has 9 nitrogen and oxygen atoms in total. The zero-order valence-corrected chi connectivity index (χ0v) is 17.6. The lowest BCUT2D eigenvalue weighted by Gasteiger charge is -2.32. The standard InChI is InChI=1S/C18H31N5O4S/c1-4-28(25,26)23-11-6-15(7-12-23)22-18(19-3)21-10-5-9-20-17(24)16-14(2)8-13-27-16/h8,13,15H,4-7,9-12H2,1-3H3,(H,20,24)(H2,19,21,22). The van der Waals surface area contributed by atoms with Crippen LogP contribution in [0.5, 0.6) is 0 Å². The smallest absolute Gasteiger partial charge is 0.287 e. The third-order valence-corrected chi connectivity index (χ3v) is 6.66. The summed E-state index contributed by atoms with van der Waals surface area (Å²) in [6.07, 6.45) is 3.74. The molecule has 1 saturated heterocycles. The average Bonchev–Trinajstić information content (AvgIpc) is 3.13. The lowest BCUT2D eigenvalue weighted by atomic mass is 10.1. The van der Waals surface area contributed by atoms with Crippen LogP contribution >= 0.6 is 0 Å². The van der Waals surface area contributed by atoms with Crippen LogP contribution in [0.1, 0.15) is 42.3 Å². The Hall–Kier alpha value is -2.07. The molecule has 0 unspecified atom stereocenters. The van der Waals surface area contributed by atoms with Crippen molar-refractivity contribution >= 4 is 21.9 Å². The zero-order valence-electron chi connectivity index (χ0n) is 16.8. The van der Waals surface area contributed by atoms with Gasteiger partial charge in [0.1, 0.15) is 0 Å². The summed E-state index contributed by atoms with van der Waals surface area (Å²) in [5.74, 6) is 0.968. The van der Waals surface area contributed by atoms with Crippen LogP contribution in [0.2, 0.25) is 0 Å². The molecule has 0 bridgehead atoms. The summed E-state index contributed by atoms with van der Waals surface area (Å²) in [7, 11) is -1.41. The summed E-state index contributed by atoms with van der Waals surface area (Å²) in [5.41, 5.74) is 0.818. The maximum atomic E-state index is 12.0. The number of carbonyl (C=O) groups excluding carboxylic acids is 1. The van der Waals surface area contributed by atoms with E-state index in [-0.39, 0.29) is 17.7 Å². The molecule has 2 heterocycles. The first-order valence-electron chi connectivity index (χ1n) is 9.64. The molecule has 1 aliphatic rings. The van der Waals surface area contributed by atoms with Crippen LogP contribution in [-0.2, 0) is 10.0 Å². The van der Waals surface area contributed by atoms with Gasteiger partial charge in [0.05, 0.1) is 12.0 Å². The number of sulfonamides is 1. The van der Waals surface area contributed by atoms with Gasteiger partial charge in [0.25, 0.3) is 5.91 Å². The molecule has 10 heteroatoms. The Morgan fingerprint density at radius 1 is 1.29 bits per heavy atom. The van der Waals surface area contributed by atoms with Crippen LogP contribution in [0.15, 0.2) is 21.7 Å². The van der Waals surface area contributed by atoms with E-state index < -0.39 is 10.0 Å². The highest BCUT2D eigenvalue weighted by Crippen LogP contribution is 2.14. The predicted molar refractivity (Wildman–Crippen MR) is 109 cm³/mol. The van der Waals surface area contributed by atoms with Crippen molar-refractivity contribution in [2.24, 2.45) is 4.99 Å². The van der Waals surface area contributed by atoms with Crippen molar-refractivity contribution in [1.29, 1.82) is 0 Å². The summed E-state index contributed by atoms with van der Waals surface area (Å²) >= 11 is 0. The molecule has 1 fully saturated rings. The molecule has 1 aromatic rings. The number of hydrogen-bond acceptors (Lipinski definition) is 5. The van der Waals surface area contributed by atoms with Crippen molar-refractivity contribution in [2.75, 3.05) is 39.0 Å². The number of piperidine rings is 1. The Labute approximate surface area is 167 Å². The highest BCUT2D eigenvalue weighted by molar-refractivity contribution is 7.89. The molecule has 1 aromatic heterocycles. The predicted octanol–water partition coefficient (Wildman–Crippen LogP) is 0.687. The number of rotatable bonds is 8. The topological polar surface area (TPSA) is 116 Å². The molecule has 0 atom stereocenters. The summed E-state index contributed by atoms with van der Waals surface area (Å²) in [6, 6.07) is 1.95. The van der Waals surface area contributed by atoms with Gasteiger partial charge in [0.15, 0.2) is 11.7 Å². The Morgan fingerprint density at radius 2 is 1.96 bits per heavy atom. The van der Waals surface area contributed by atoms with Gasteiger partial charge in [-0.1, -0.05) is 0 Å². The number of nitrogens with one attached hydrogen (secondary N) is 3. The van der Waals surface area contributed by atoms with Gasteiger partial charge in [-0.25, -0.2) is 12.7 Å². The van der Waals surface area contributed by atoms with Gasteiger partial charge in [-0.15, -0.1) is 0 Å². The van der Waals surface area contributed by atoms with E-state index in [2.05, 4.69) is 20.9 Å². The van der Waals surface area contributed by atoms with Crippen molar-refractivity contribution in [1.82, 2.24) is 20.3 Å². The van der Waals surface area contributed by atoms with E-state index in [1.165, 1.54) is 6.26 Å². The number of carbonyl (C=O) groups is 1. The number of hydrogen-bond donors (Lipinski definition) is 3. The highest BCUT2D eigenvalue weighted by Gasteiger charge is 2.26. The molecule has 0 radical (unpaired) electrons. The molecule has 2 rings (SSSR count). The second kappa shape index (κ2) is 10.5. The van der Waals surface area contributed by atoms with Gasteiger partial charge in [-0.05, 0) is 39.2 Å². The Morgan fingerprint density at radius 3 is 2.54 bits per heavy atom. The molecule has 3 N–H and O–H groups in total. The lowest BCUT2D eigenvalue weighted by molar-refractivity contribution is 0.0925. The van der Waals surface area contributed by atoms with E-state index in [9.17, 15) is 13.2 Å².